The topological polar surface area (TPSA) is 46.6 Å². The van der Waals surface area contributed by atoms with Gasteiger partial charge in [-0.1, -0.05) is 13.3 Å². The SMILES string of the molecule is CCCCOC(=O)CN1CCC(C=O)CC1. The van der Waals surface area contributed by atoms with Crippen molar-refractivity contribution in [3.8, 4) is 0 Å². The molecule has 0 amide bonds. The van der Waals surface area contributed by atoms with Gasteiger partial charge in [0.2, 0.25) is 0 Å². The molecule has 1 aliphatic heterocycles. The number of likely N-dealkylation sites (tertiary alicyclic amines) is 1. The summed E-state index contributed by atoms with van der Waals surface area (Å²) >= 11 is 0. The zero-order valence-corrected chi connectivity index (χ0v) is 9.98. The third-order valence-electron chi connectivity index (χ3n) is 2.94. The number of aldehydes is 1. The summed E-state index contributed by atoms with van der Waals surface area (Å²) < 4.78 is 5.09. The zero-order chi connectivity index (χ0) is 11.8. The van der Waals surface area contributed by atoms with Gasteiger partial charge in [-0.3, -0.25) is 9.69 Å². The van der Waals surface area contributed by atoms with Crippen LogP contribution in [-0.4, -0.2) is 43.4 Å². The van der Waals surface area contributed by atoms with Crippen LogP contribution in [0.4, 0.5) is 0 Å². The predicted molar refractivity (Wildman–Crippen MR) is 61.1 cm³/mol. The van der Waals surface area contributed by atoms with E-state index >= 15 is 0 Å². The first-order chi connectivity index (χ1) is 7.76. The van der Waals surface area contributed by atoms with Crippen LogP contribution in [0.3, 0.4) is 0 Å². The van der Waals surface area contributed by atoms with Crippen LogP contribution in [0.2, 0.25) is 0 Å². The molecule has 1 saturated heterocycles. The Labute approximate surface area is 96.9 Å². The largest absolute Gasteiger partial charge is 0.465 e. The Bertz CT molecular complexity index is 222. The minimum atomic E-state index is -0.141. The van der Waals surface area contributed by atoms with Crippen LogP contribution in [0, 0.1) is 5.92 Å². The van der Waals surface area contributed by atoms with Crippen molar-refractivity contribution in [1.82, 2.24) is 4.90 Å². The number of ether oxygens (including phenoxy) is 1. The quantitative estimate of drug-likeness (QED) is 0.389. The molecule has 92 valence electrons. The van der Waals surface area contributed by atoms with E-state index in [1.165, 1.54) is 0 Å². The highest BCUT2D eigenvalue weighted by atomic mass is 16.5. The van der Waals surface area contributed by atoms with Gasteiger partial charge in [0.25, 0.3) is 0 Å². The Kier molecular flexibility index (Phi) is 6.08. The van der Waals surface area contributed by atoms with Gasteiger partial charge in [-0.15, -0.1) is 0 Å². The fourth-order valence-corrected chi connectivity index (χ4v) is 1.81. The number of hydrogen-bond donors (Lipinski definition) is 0. The zero-order valence-electron chi connectivity index (χ0n) is 9.98. The van der Waals surface area contributed by atoms with Gasteiger partial charge in [0.05, 0.1) is 13.2 Å². The maximum absolute atomic E-state index is 11.4. The highest BCUT2D eigenvalue weighted by molar-refractivity contribution is 5.71. The maximum atomic E-state index is 11.4. The third kappa shape index (κ3) is 4.75. The predicted octanol–water partition coefficient (Wildman–Crippen LogP) is 1.24. The molecule has 0 aliphatic carbocycles. The van der Waals surface area contributed by atoms with Crippen molar-refractivity contribution in [2.75, 3.05) is 26.2 Å². The summed E-state index contributed by atoms with van der Waals surface area (Å²) in [5.74, 6) is 0.0466. The van der Waals surface area contributed by atoms with Gasteiger partial charge in [0, 0.05) is 5.92 Å². The maximum Gasteiger partial charge on any atom is 0.320 e. The molecular formula is C12H21NO3. The van der Waals surface area contributed by atoms with Gasteiger partial charge in [0.15, 0.2) is 0 Å². The molecule has 0 spiro atoms. The molecule has 16 heavy (non-hydrogen) atoms. The average Bonchev–Trinajstić information content (AvgIpc) is 2.30. The van der Waals surface area contributed by atoms with Crippen molar-refractivity contribution >= 4 is 12.3 Å². The van der Waals surface area contributed by atoms with Crippen LogP contribution in [0.15, 0.2) is 0 Å². The lowest BCUT2D eigenvalue weighted by molar-refractivity contribution is -0.145. The lowest BCUT2D eigenvalue weighted by atomic mass is 9.99. The van der Waals surface area contributed by atoms with Gasteiger partial charge in [-0.25, -0.2) is 0 Å². The van der Waals surface area contributed by atoms with Crippen LogP contribution < -0.4 is 0 Å². The Morgan fingerprint density at radius 2 is 2.12 bits per heavy atom. The average molecular weight is 227 g/mol. The van der Waals surface area contributed by atoms with E-state index < -0.39 is 0 Å². The fourth-order valence-electron chi connectivity index (χ4n) is 1.81. The van der Waals surface area contributed by atoms with E-state index in [1.807, 2.05) is 0 Å². The first-order valence-corrected chi connectivity index (χ1v) is 6.09. The summed E-state index contributed by atoms with van der Waals surface area (Å²) in [5, 5.41) is 0. The molecule has 1 fully saturated rings. The number of carbonyl (C=O) groups is 2. The number of unbranched alkanes of at least 4 members (excludes halogenated alkanes) is 1. The second kappa shape index (κ2) is 7.39. The smallest absolute Gasteiger partial charge is 0.320 e. The highest BCUT2D eigenvalue weighted by Crippen LogP contribution is 2.14. The Morgan fingerprint density at radius 3 is 2.69 bits per heavy atom. The molecule has 0 aromatic rings. The fraction of sp³-hybridized carbons (Fsp3) is 0.833. The van der Waals surface area contributed by atoms with Crippen molar-refractivity contribution in [2.45, 2.75) is 32.6 Å². The van der Waals surface area contributed by atoms with E-state index in [2.05, 4.69) is 11.8 Å². The molecule has 1 aliphatic rings. The van der Waals surface area contributed by atoms with Crippen LogP contribution >= 0.6 is 0 Å². The lowest BCUT2D eigenvalue weighted by Gasteiger charge is -2.28. The molecule has 4 heteroatoms. The summed E-state index contributed by atoms with van der Waals surface area (Å²) in [6.07, 6.45) is 4.73. The lowest BCUT2D eigenvalue weighted by Crippen LogP contribution is -2.38. The molecule has 0 saturated carbocycles. The van der Waals surface area contributed by atoms with E-state index in [0.717, 1.165) is 45.1 Å². The summed E-state index contributed by atoms with van der Waals surface area (Å²) in [4.78, 5) is 24.0. The van der Waals surface area contributed by atoms with E-state index in [9.17, 15) is 9.59 Å². The first kappa shape index (κ1) is 13.2. The van der Waals surface area contributed by atoms with Crippen LogP contribution in [0.1, 0.15) is 32.6 Å². The van der Waals surface area contributed by atoms with Crippen molar-refractivity contribution in [3.05, 3.63) is 0 Å². The number of esters is 1. The Balaban J connectivity index is 2.13. The molecule has 0 bridgehead atoms. The molecule has 0 N–H and O–H groups in total. The third-order valence-corrected chi connectivity index (χ3v) is 2.94. The molecule has 4 nitrogen and oxygen atoms in total. The summed E-state index contributed by atoms with van der Waals surface area (Å²) in [7, 11) is 0. The number of carbonyl (C=O) groups excluding carboxylic acids is 2. The molecule has 0 atom stereocenters. The normalized spacial score (nSPS) is 18.3. The Morgan fingerprint density at radius 1 is 1.44 bits per heavy atom. The summed E-state index contributed by atoms with van der Waals surface area (Å²) in [6, 6.07) is 0. The van der Waals surface area contributed by atoms with Gasteiger partial charge in [0.1, 0.15) is 6.29 Å². The van der Waals surface area contributed by atoms with Crippen LogP contribution in [0.25, 0.3) is 0 Å². The molecule has 0 aromatic carbocycles. The van der Waals surface area contributed by atoms with E-state index in [1.54, 1.807) is 0 Å². The molecular weight excluding hydrogens is 206 g/mol. The minimum Gasteiger partial charge on any atom is -0.465 e. The van der Waals surface area contributed by atoms with Gasteiger partial charge in [-0.2, -0.15) is 0 Å². The highest BCUT2D eigenvalue weighted by Gasteiger charge is 2.20. The van der Waals surface area contributed by atoms with Gasteiger partial charge >= 0.3 is 5.97 Å². The van der Waals surface area contributed by atoms with Crippen molar-refractivity contribution in [2.24, 2.45) is 5.92 Å². The summed E-state index contributed by atoms with van der Waals surface area (Å²) in [5.41, 5.74) is 0. The number of rotatable bonds is 6. The summed E-state index contributed by atoms with van der Waals surface area (Å²) in [6.45, 7) is 4.62. The molecule has 1 rings (SSSR count). The van der Waals surface area contributed by atoms with E-state index in [4.69, 9.17) is 4.74 Å². The van der Waals surface area contributed by atoms with Gasteiger partial charge in [-0.05, 0) is 32.4 Å². The first-order valence-electron chi connectivity index (χ1n) is 6.09. The van der Waals surface area contributed by atoms with Crippen LogP contribution in [-0.2, 0) is 14.3 Å². The molecule has 0 aromatic heterocycles. The number of piperidine rings is 1. The molecule has 0 unspecified atom stereocenters. The van der Waals surface area contributed by atoms with Crippen molar-refractivity contribution in [3.63, 3.8) is 0 Å². The van der Waals surface area contributed by atoms with E-state index in [0.29, 0.717) is 13.2 Å². The molecule has 1 heterocycles. The number of nitrogens with zero attached hydrogens (tertiary/aromatic N) is 1. The van der Waals surface area contributed by atoms with Crippen molar-refractivity contribution < 1.29 is 14.3 Å². The Hall–Kier alpha value is -0.900. The molecule has 0 radical (unpaired) electrons. The standard InChI is InChI=1S/C12H21NO3/c1-2-3-8-16-12(15)9-13-6-4-11(10-14)5-7-13/h10-11H,2-9H2,1H3. The minimum absolute atomic E-state index is 0.141. The van der Waals surface area contributed by atoms with Gasteiger partial charge < -0.3 is 9.53 Å². The van der Waals surface area contributed by atoms with Crippen LogP contribution in [0.5, 0.6) is 0 Å². The second-order valence-corrected chi connectivity index (χ2v) is 4.32. The number of hydrogen-bond acceptors (Lipinski definition) is 4. The monoisotopic (exact) mass is 227 g/mol. The van der Waals surface area contributed by atoms with E-state index in [-0.39, 0.29) is 11.9 Å². The van der Waals surface area contributed by atoms with Crippen molar-refractivity contribution in [1.29, 1.82) is 0 Å². The second-order valence-electron chi connectivity index (χ2n) is 4.32.